The van der Waals surface area contributed by atoms with Gasteiger partial charge in [-0.1, -0.05) is 12.2 Å². The predicted octanol–water partition coefficient (Wildman–Crippen LogP) is 1.42. The molecular weight excluding hydrogens is 174 g/mol. The third-order valence-electron chi connectivity index (χ3n) is 1.32. The lowest BCUT2D eigenvalue weighted by molar-refractivity contribution is 0.0702. The average Bonchev–Trinajstić information content (AvgIpc) is 2.48. The molecule has 0 saturated carbocycles. The van der Waals surface area contributed by atoms with Gasteiger partial charge < -0.3 is 10.8 Å². The highest BCUT2D eigenvalue weighted by atomic mass is 32.1. The van der Waals surface area contributed by atoms with Crippen LogP contribution in [0.25, 0.3) is 6.08 Å². The maximum absolute atomic E-state index is 10.6. The number of carboxylic acid groups (broad SMARTS) is 1. The monoisotopic (exact) mass is 183 g/mol. The van der Waals surface area contributed by atoms with Gasteiger partial charge in [0.25, 0.3) is 0 Å². The lowest BCUT2D eigenvalue weighted by Gasteiger charge is -1.90. The highest BCUT2D eigenvalue weighted by Crippen LogP contribution is 2.17. The zero-order valence-corrected chi connectivity index (χ0v) is 7.17. The number of carbonyl (C=O) groups is 1. The second kappa shape index (κ2) is 4.04. The van der Waals surface area contributed by atoms with Crippen molar-refractivity contribution in [1.29, 1.82) is 0 Å². The lowest BCUT2D eigenvalue weighted by Crippen LogP contribution is -1.95. The van der Waals surface area contributed by atoms with Gasteiger partial charge in [-0.05, 0) is 17.0 Å². The maximum atomic E-state index is 10.6. The molecule has 0 atom stereocenters. The van der Waals surface area contributed by atoms with Crippen molar-refractivity contribution in [2.24, 2.45) is 5.73 Å². The number of aromatic carboxylic acids is 1. The van der Waals surface area contributed by atoms with Crippen molar-refractivity contribution in [2.45, 2.75) is 0 Å². The minimum absolute atomic E-state index is 0.361. The second-order valence-corrected chi connectivity index (χ2v) is 3.06. The van der Waals surface area contributed by atoms with Crippen molar-refractivity contribution in [3.8, 4) is 0 Å². The van der Waals surface area contributed by atoms with Crippen LogP contribution in [0.3, 0.4) is 0 Å². The van der Waals surface area contributed by atoms with Crippen LogP contribution in [-0.2, 0) is 0 Å². The molecule has 0 unspecified atom stereocenters. The Morgan fingerprint density at radius 1 is 1.75 bits per heavy atom. The molecule has 64 valence electrons. The number of hydrogen-bond donors (Lipinski definition) is 2. The second-order valence-electron chi connectivity index (χ2n) is 2.15. The van der Waals surface area contributed by atoms with E-state index in [0.29, 0.717) is 11.4 Å². The van der Waals surface area contributed by atoms with Crippen molar-refractivity contribution >= 4 is 23.4 Å². The molecule has 0 aromatic carbocycles. The van der Waals surface area contributed by atoms with E-state index in [-0.39, 0.29) is 0 Å². The molecule has 0 bridgehead atoms. The third kappa shape index (κ3) is 1.93. The van der Waals surface area contributed by atoms with E-state index in [9.17, 15) is 4.79 Å². The Morgan fingerprint density at radius 3 is 3.08 bits per heavy atom. The van der Waals surface area contributed by atoms with Crippen molar-refractivity contribution in [3.05, 3.63) is 28.0 Å². The predicted molar refractivity (Wildman–Crippen MR) is 49.4 cm³/mol. The SMILES string of the molecule is NCC=Cc1ccsc1C(=O)O. The first-order valence-electron chi connectivity index (χ1n) is 3.43. The van der Waals surface area contributed by atoms with Gasteiger partial charge in [0.1, 0.15) is 4.88 Å². The number of nitrogens with two attached hydrogens (primary N) is 1. The first-order valence-corrected chi connectivity index (χ1v) is 4.31. The molecule has 1 heterocycles. The fourth-order valence-corrected chi connectivity index (χ4v) is 1.54. The Labute approximate surface area is 74.1 Å². The van der Waals surface area contributed by atoms with Crippen LogP contribution < -0.4 is 5.73 Å². The molecule has 3 N–H and O–H groups in total. The van der Waals surface area contributed by atoms with Crippen molar-refractivity contribution in [3.63, 3.8) is 0 Å². The molecule has 0 saturated heterocycles. The van der Waals surface area contributed by atoms with E-state index in [4.69, 9.17) is 10.8 Å². The van der Waals surface area contributed by atoms with Crippen molar-refractivity contribution in [1.82, 2.24) is 0 Å². The summed E-state index contributed by atoms with van der Waals surface area (Å²) in [7, 11) is 0. The van der Waals surface area contributed by atoms with Crippen LogP contribution in [0.1, 0.15) is 15.2 Å². The zero-order chi connectivity index (χ0) is 8.97. The molecule has 4 heteroatoms. The van der Waals surface area contributed by atoms with Gasteiger partial charge in [-0.2, -0.15) is 0 Å². The maximum Gasteiger partial charge on any atom is 0.346 e. The van der Waals surface area contributed by atoms with Gasteiger partial charge in [0.05, 0.1) is 0 Å². The summed E-state index contributed by atoms with van der Waals surface area (Å²) in [6.07, 6.45) is 3.45. The number of carboxylic acids is 1. The van der Waals surface area contributed by atoms with Gasteiger partial charge in [-0.15, -0.1) is 11.3 Å². The molecule has 0 aliphatic rings. The fraction of sp³-hybridized carbons (Fsp3) is 0.125. The van der Waals surface area contributed by atoms with Gasteiger partial charge in [-0.25, -0.2) is 4.79 Å². The van der Waals surface area contributed by atoms with E-state index in [2.05, 4.69) is 0 Å². The largest absolute Gasteiger partial charge is 0.477 e. The van der Waals surface area contributed by atoms with Gasteiger partial charge in [-0.3, -0.25) is 0 Å². The standard InChI is InChI=1S/C8H9NO2S/c9-4-1-2-6-3-5-12-7(6)8(10)11/h1-3,5H,4,9H2,(H,10,11). The minimum Gasteiger partial charge on any atom is -0.477 e. The molecule has 0 fully saturated rings. The molecule has 1 rings (SSSR count). The molecular formula is C8H9NO2S. The van der Waals surface area contributed by atoms with Crippen LogP contribution in [0.4, 0.5) is 0 Å². The Bertz CT molecular complexity index is 304. The highest BCUT2D eigenvalue weighted by molar-refractivity contribution is 7.12. The number of hydrogen-bond acceptors (Lipinski definition) is 3. The summed E-state index contributed by atoms with van der Waals surface area (Å²) in [6.45, 7) is 0.426. The fourth-order valence-electron chi connectivity index (χ4n) is 0.819. The van der Waals surface area contributed by atoms with E-state index < -0.39 is 5.97 Å². The Balaban J connectivity index is 2.91. The van der Waals surface area contributed by atoms with Gasteiger partial charge in [0.2, 0.25) is 0 Å². The molecule has 1 aromatic rings. The van der Waals surface area contributed by atoms with E-state index in [1.807, 2.05) is 0 Å². The summed E-state index contributed by atoms with van der Waals surface area (Å²) in [6, 6.07) is 1.76. The van der Waals surface area contributed by atoms with E-state index in [1.165, 1.54) is 11.3 Å². The summed E-state index contributed by atoms with van der Waals surface area (Å²) in [5.74, 6) is -0.887. The highest BCUT2D eigenvalue weighted by Gasteiger charge is 2.07. The molecule has 0 spiro atoms. The first-order chi connectivity index (χ1) is 5.75. The minimum atomic E-state index is -0.887. The van der Waals surface area contributed by atoms with Crippen LogP contribution in [0.2, 0.25) is 0 Å². The van der Waals surface area contributed by atoms with Crippen molar-refractivity contribution in [2.75, 3.05) is 6.54 Å². The topological polar surface area (TPSA) is 63.3 Å². The smallest absolute Gasteiger partial charge is 0.346 e. The third-order valence-corrected chi connectivity index (χ3v) is 2.24. The Hall–Kier alpha value is -1.13. The van der Waals surface area contributed by atoms with Gasteiger partial charge >= 0.3 is 5.97 Å². The zero-order valence-electron chi connectivity index (χ0n) is 6.36. The molecule has 0 amide bonds. The molecule has 1 aromatic heterocycles. The summed E-state index contributed by atoms with van der Waals surface area (Å²) in [5.41, 5.74) is 5.96. The Morgan fingerprint density at radius 2 is 2.50 bits per heavy atom. The molecule has 12 heavy (non-hydrogen) atoms. The average molecular weight is 183 g/mol. The van der Waals surface area contributed by atoms with Crippen LogP contribution in [-0.4, -0.2) is 17.6 Å². The molecule has 0 aliphatic carbocycles. The number of rotatable bonds is 3. The number of thiophene rings is 1. The van der Waals surface area contributed by atoms with Crippen LogP contribution in [0.5, 0.6) is 0 Å². The van der Waals surface area contributed by atoms with Gasteiger partial charge in [0, 0.05) is 6.54 Å². The van der Waals surface area contributed by atoms with Crippen molar-refractivity contribution < 1.29 is 9.90 Å². The van der Waals surface area contributed by atoms with E-state index in [1.54, 1.807) is 23.6 Å². The van der Waals surface area contributed by atoms with E-state index in [0.717, 1.165) is 5.56 Å². The summed E-state index contributed by atoms with van der Waals surface area (Å²) >= 11 is 1.22. The summed E-state index contributed by atoms with van der Waals surface area (Å²) in [5, 5.41) is 10.4. The normalized spacial score (nSPS) is 10.8. The summed E-state index contributed by atoms with van der Waals surface area (Å²) < 4.78 is 0. The quantitative estimate of drug-likeness (QED) is 0.744. The van der Waals surface area contributed by atoms with Crippen LogP contribution in [0, 0.1) is 0 Å². The van der Waals surface area contributed by atoms with E-state index >= 15 is 0 Å². The molecule has 0 radical (unpaired) electrons. The van der Waals surface area contributed by atoms with Crippen LogP contribution in [0.15, 0.2) is 17.5 Å². The molecule has 0 aliphatic heterocycles. The first kappa shape index (κ1) is 8.96. The summed E-state index contributed by atoms with van der Waals surface area (Å²) in [4.78, 5) is 11.0. The molecule has 3 nitrogen and oxygen atoms in total. The lowest BCUT2D eigenvalue weighted by atomic mass is 10.2. The van der Waals surface area contributed by atoms with Crippen LogP contribution >= 0.6 is 11.3 Å². The van der Waals surface area contributed by atoms with Gasteiger partial charge in [0.15, 0.2) is 0 Å². The Kier molecular flexibility index (Phi) is 3.01.